The third kappa shape index (κ3) is 2.76. The van der Waals surface area contributed by atoms with Gasteiger partial charge in [-0.1, -0.05) is 6.92 Å². The first-order valence-electron chi connectivity index (χ1n) is 6.05. The van der Waals surface area contributed by atoms with E-state index in [1.54, 1.807) is 31.4 Å². The van der Waals surface area contributed by atoms with Crippen molar-refractivity contribution in [3.63, 3.8) is 0 Å². The van der Waals surface area contributed by atoms with E-state index in [1.165, 1.54) is 0 Å². The molecule has 1 heterocycles. The summed E-state index contributed by atoms with van der Waals surface area (Å²) in [5, 5.41) is 3.71. The van der Waals surface area contributed by atoms with Crippen molar-refractivity contribution in [2.24, 2.45) is 0 Å². The molecule has 0 saturated carbocycles. The lowest BCUT2D eigenvalue weighted by Gasteiger charge is -2.05. The van der Waals surface area contributed by atoms with Crippen LogP contribution in [0, 0.1) is 0 Å². The molecule has 0 atom stereocenters. The summed E-state index contributed by atoms with van der Waals surface area (Å²) < 4.78 is 10.1. The van der Waals surface area contributed by atoms with E-state index in [0.29, 0.717) is 23.1 Å². The van der Waals surface area contributed by atoms with E-state index in [4.69, 9.17) is 9.15 Å². The zero-order chi connectivity index (χ0) is 13.8. The Kier molecular flexibility index (Phi) is 3.85. The topological polar surface area (TPSA) is 68.5 Å². The summed E-state index contributed by atoms with van der Waals surface area (Å²) in [6, 6.07) is 6.54. The molecule has 100 valence electrons. The average Bonchev–Trinajstić information content (AvgIpc) is 2.43. The summed E-state index contributed by atoms with van der Waals surface area (Å²) in [4.78, 5) is 23.6. The number of nitrogens with one attached hydrogen (secondary N) is 1. The second-order valence-electron chi connectivity index (χ2n) is 4.11. The van der Waals surface area contributed by atoms with E-state index >= 15 is 0 Å². The second kappa shape index (κ2) is 5.56. The first-order chi connectivity index (χ1) is 9.15. The average molecular weight is 261 g/mol. The zero-order valence-electron chi connectivity index (χ0n) is 10.9. The molecule has 1 aromatic carbocycles. The molecule has 1 amide bonds. The molecule has 1 aromatic heterocycles. The summed E-state index contributed by atoms with van der Waals surface area (Å²) in [6.07, 6.45) is 0.817. The van der Waals surface area contributed by atoms with Gasteiger partial charge in [0.2, 0.25) is 0 Å². The fourth-order valence-corrected chi connectivity index (χ4v) is 1.74. The second-order valence-corrected chi connectivity index (χ2v) is 4.11. The molecule has 5 nitrogen and oxygen atoms in total. The van der Waals surface area contributed by atoms with Crippen molar-refractivity contribution in [2.75, 3.05) is 13.7 Å². The summed E-state index contributed by atoms with van der Waals surface area (Å²) in [5.41, 5.74) is -0.526. The van der Waals surface area contributed by atoms with Crippen LogP contribution in [-0.4, -0.2) is 19.6 Å². The van der Waals surface area contributed by atoms with Crippen molar-refractivity contribution in [2.45, 2.75) is 13.3 Å². The molecule has 19 heavy (non-hydrogen) atoms. The van der Waals surface area contributed by atoms with E-state index in [2.05, 4.69) is 5.32 Å². The molecule has 5 heteroatoms. The van der Waals surface area contributed by atoms with E-state index < -0.39 is 5.63 Å². The van der Waals surface area contributed by atoms with Crippen molar-refractivity contribution in [3.05, 3.63) is 40.4 Å². The molecule has 0 spiro atoms. The van der Waals surface area contributed by atoms with E-state index in [1.807, 2.05) is 6.92 Å². The number of hydrogen-bond donors (Lipinski definition) is 1. The van der Waals surface area contributed by atoms with Gasteiger partial charge in [0.25, 0.3) is 5.91 Å². The molecule has 0 radical (unpaired) electrons. The summed E-state index contributed by atoms with van der Waals surface area (Å²) in [7, 11) is 1.54. The maximum atomic E-state index is 11.8. The van der Waals surface area contributed by atoms with E-state index in [0.717, 1.165) is 6.42 Å². The lowest BCUT2D eigenvalue weighted by molar-refractivity contribution is 0.0922. The highest BCUT2D eigenvalue weighted by atomic mass is 16.5. The zero-order valence-corrected chi connectivity index (χ0v) is 10.9. The SMILES string of the molecule is CCCNC(=O)c1cc2cc(OC)ccc2c(=O)o1. The van der Waals surface area contributed by atoms with Gasteiger partial charge >= 0.3 is 5.63 Å². The predicted molar refractivity (Wildman–Crippen MR) is 71.7 cm³/mol. The first-order valence-corrected chi connectivity index (χ1v) is 6.05. The Labute approximate surface area is 110 Å². The quantitative estimate of drug-likeness (QED) is 0.913. The van der Waals surface area contributed by atoms with Crippen LogP contribution in [-0.2, 0) is 0 Å². The van der Waals surface area contributed by atoms with Crippen LogP contribution < -0.4 is 15.7 Å². The Morgan fingerprint density at radius 1 is 1.37 bits per heavy atom. The van der Waals surface area contributed by atoms with Gasteiger partial charge in [-0.2, -0.15) is 0 Å². The van der Waals surface area contributed by atoms with Gasteiger partial charge in [0.15, 0.2) is 5.76 Å². The Morgan fingerprint density at radius 2 is 2.16 bits per heavy atom. The van der Waals surface area contributed by atoms with Crippen LogP contribution in [0.2, 0.25) is 0 Å². The number of hydrogen-bond acceptors (Lipinski definition) is 4. The first kappa shape index (κ1) is 13.1. The van der Waals surface area contributed by atoms with Crippen LogP contribution >= 0.6 is 0 Å². The summed E-state index contributed by atoms with van der Waals surface area (Å²) >= 11 is 0. The fraction of sp³-hybridized carbons (Fsp3) is 0.286. The Morgan fingerprint density at radius 3 is 2.84 bits per heavy atom. The molecular formula is C14H15NO4. The Bertz CT molecular complexity index is 660. The van der Waals surface area contributed by atoms with Crippen LogP contribution in [0.5, 0.6) is 5.75 Å². The number of carbonyl (C=O) groups excluding carboxylic acids is 1. The molecule has 0 unspecified atom stereocenters. The highest BCUT2D eigenvalue weighted by Gasteiger charge is 2.11. The van der Waals surface area contributed by atoms with Gasteiger partial charge in [0.1, 0.15) is 5.75 Å². The lowest BCUT2D eigenvalue weighted by atomic mass is 10.1. The lowest BCUT2D eigenvalue weighted by Crippen LogP contribution is -2.25. The third-order valence-electron chi connectivity index (χ3n) is 2.73. The van der Waals surface area contributed by atoms with Gasteiger partial charge in [0, 0.05) is 6.54 Å². The number of ether oxygens (including phenoxy) is 1. The molecule has 1 N–H and O–H groups in total. The number of carbonyl (C=O) groups is 1. The Hall–Kier alpha value is -2.30. The molecule has 0 fully saturated rings. The van der Waals surface area contributed by atoms with Crippen molar-refractivity contribution >= 4 is 16.7 Å². The standard InChI is InChI=1S/C14H15NO4/c1-3-6-15-13(16)12-8-9-7-10(18-2)4-5-11(9)14(17)19-12/h4-5,7-8H,3,6H2,1-2H3,(H,15,16). The van der Waals surface area contributed by atoms with Crippen LogP contribution in [0.4, 0.5) is 0 Å². The summed E-state index contributed by atoms with van der Waals surface area (Å²) in [5.74, 6) is 0.251. The highest BCUT2D eigenvalue weighted by Crippen LogP contribution is 2.19. The number of amides is 1. The Balaban J connectivity index is 2.47. The molecule has 2 aromatic rings. The van der Waals surface area contributed by atoms with Crippen molar-refractivity contribution < 1.29 is 13.9 Å². The minimum absolute atomic E-state index is 0.0132. The van der Waals surface area contributed by atoms with Crippen LogP contribution in [0.3, 0.4) is 0 Å². The van der Waals surface area contributed by atoms with Crippen molar-refractivity contribution in [3.8, 4) is 5.75 Å². The van der Waals surface area contributed by atoms with Gasteiger partial charge in [-0.05, 0) is 36.1 Å². The largest absolute Gasteiger partial charge is 0.497 e. The molecule has 2 rings (SSSR count). The maximum Gasteiger partial charge on any atom is 0.344 e. The predicted octanol–water partition coefficient (Wildman–Crippen LogP) is 1.94. The monoisotopic (exact) mass is 261 g/mol. The van der Waals surface area contributed by atoms with Gasteiger partial charge < -0.3 is 14.5 Å². The minimum atomic E-state index is -0.526. The van der Waals surface area contributed by atoms with Gasteiger partial charge in [-0.25, -0.2) is 4.79 Å². The molecule has 0 aliphatic carbocycles. The number of fused-ring (bicyclic) bond motifs is 1. The number of benzene rings is 1. The van der Waals surface area contributed by atoms with Crippen LogP contribution in [0.25, 0.3) is 10.8 Å². The molecule has 0 aliphatic rings. The highest BCUT2D eigenvalue weighted by molar-refractivity contribution is 5.95. The van der Waals surface area contributed by atoms with Crippen molar-refractivity contribution in [1.82, 2.24) is 5.32 Å². The van der Waals surface area contributed by atoms with E-state index in [-0.39, 0.29) is 11.7 Å². The number of methoxy groups -OCH3 is 1. The number of rotatable bonds is 4. The molecule has 0 aliphatic heterocycles. The van der Waals surface area contributed by atoms with Gasteiger partial charge in [0.05, 0.1) is 12.5 Å². The van der Waals surface area contributed by atoms with Crippen LogP contribution in [0.15, 0.2) is 33.5 Å². The normalized spacial score (nSPS) is 10.4. The maximum absolute atomic E-state index is 11.8. The smallest absolute Gasteiger partial charge is 0.344 e. The van der Waals surface area contributed by atoms with Gasteiger partial charge in [-0.15, -0.1) is 0 Å². The molecular weight excluding hydrogens is 246 g/mol. The fourth-order valence-electron chi connectivity index (χ4n) is 1.74. The molecule has 0 bridgehead atoms. The third-order valence-corrected chi connectivity index (χ3v) is 2.73. The van der Waals surface area contributed by atoms with Crippen LogP contribution in [0.1, 0.15) is 23.9 Å². The van der Waals surface area contributed by atoms with E-state index in [9.17, 15) is 9.59 Å². The summed E-state index contributed by atoms with van der Waals surface area (Å²) in [6.45, 7) is 2.49. The minimum Gasteiger partial charge on any atom is -0.497 e. The van der Waals surface area contributed by atoms with Gasteiger partial charge in [-0.3, -0.25) is 4.79 Å². The molecule has 0 saturated heterocycles. The van der Waals surface area contributed by atoms with Crippen molar-refractivity contribution in [1.29, 1.82) is 0 Å².